The summed E-state index contributed by atoms with van der Waals surface area (Å²) in [6.45, 7) is 0. The van der Waals surface area contributed by atoms with Gasteiger partial charge >= 0.3 is 0 Å². The average molecular weight is 210 g/mol. The Hall–Kier alpha value is -0.0400. The molecule has 2 aliphatic carbocycles. The van der Waals surface area contributed by atoms with Crippen LogP contribution in [0.3, 0.4) is 0 Å². The molecule has 2 rings (SSSR count). The fourth-order valence-electron chi connectivity index (χ4n) is 3.13. The first-order valence-electron chi connectivity index (χ1n) is 7.04. The first-order chi connectivity index (χ1) is 7.36. The summed E-state index contributed by atoms with van der Waals surface area (Å²) in [6.07, 6.45) is 14.8. The van der Waals surface area contributed by atoms with Crippen molar-refractivity contribution in [3.05, 3.63) is 0 Å². The van der Waals surface area contributed by atoms with Crippen molar-refractivity contribution in [3.8, 4) is 0 Å². The van der Waals surface area contributed by atoms with Gasteiger partial charge < -0.3 is 5.11 Å². The van der Waals surface area contributed by atoms with Crippen molar-refractivity contribution in [2.24, 2.45) is 11.8 Å². The maximum atomic E-state index is 10.2. The van der Waals surface area contributed by atoms with E-state index in [1.165, 1.54) is 64.2 Å². The van der Waals surface area contributed by atoms with Gasteiger partial charge in [0.05, 0.1) is 6.10 Å². The smallest absolute Gasteiger partial charge is 0.0571 e. The lowest BCUT2D eigenvalue weighted by Crippen LogP contribution is -2.26. The van der Waals surface area contributed by atoms with Gasteiger partial charge in [0.15, 0.2) is 0 Å². The average Bonchev–Trinajstić information content (AvgIpc) is 2.10. The van der Waals surface area contributed by atoms with E-state index < -0.39 is 0 Å². The largest absolute Gasteiger partial charge is 0.393 e. The van der Waals surface area contributed by atoms with E-state index in [1.807, 2.05) is 0 Å². The van der Waals surface area contributed by atoms with E-state index in [0.29, 0.717) is 5.92 Å². The summed E-state index contributed by atoms with van der Waals surface area (Å²) >= 11 is 0. The predicted molar refractivity (Wildman–Crippen MR) is 63.8 cm³/mol. The lowest BCUT2D eigenvalue weighted by atomic mass is 9.77. The van der Waals surface area contributed by atoms with Crippen LogP contribution in [-0.2, 0) is 0 Å². The van der Waals surface area contributed by atoms with Crippen LogP contribution in [0.2, 0.25) is 0 Å². The zero-order chi connectivity index (χ0) is 10.5. The van der Waals surface area contributed by atoms with Crippen molar-refractivity contribution >= 4 is 0 Å². The van der Waals surface area contributed by atoms with Crippen molar-refractivity contribution in [3.63, 3.8) is 0 Å². The molecule has 1 heteroatoms. The van der Waals surface area contributed by atoms with E-state index in [-0.39, 0.29) is 6.10 Å². The van der Waals surface area contributed by atoms with Crippen LogP contribution >= 0.6 is 0 Å². The second-order valence-electron chi connectivity index (χ2n) is 5.71. The van der Waals surface area contributed by atoms with E-state index in [4.69, 9.17) is 0 Å². The molecule has 88 valence electrons. The van der Waals surface area contributed by atoms with Crippen LogP contribution in [0.1, 0.15) is 70.6 Å². The number of rotatable bonds is 3. The molecule has 0 aliphatic heterocycles. The molecular weight excluding hydrogens is 184 g/mol. The van der Waals surface area contributed by atoms with Crippen molar-refractivity contribution in [2.45, 2.75) is 76.7 Å². The zero-order valence-corrected chi connectivity index (χ0v) is 9.96. The third-order valence-electron chi connectivity index (χ3n) is 4.49. The molecule has 0 aromatic rings. The fourth-order valence-corrected chi connectivity index (χ4v) is 3.13. The van der Waals surface area contributed by atoms with Crippen molar-refractivity contribution in [2.75, 3.05) is 0 Å². The van der Waals surface area contributed by atoms with Crippen molar-refractivity contribution in [1.29, 1.82) is 0 Å². The third-order valence-corrected chi connectivity index (χ3v) is 4.49. The molecule has 0 amide bonds. The molecule has 2 saturated carbocycles. The highest BCUT2D eigenvalue weighted by Crippen LogP contribution is 2.34. The Kier molecular flexibility index (Phi) is 4.49. The Morgan fingerprint density at radius 2 is 1.40 bits per heavy atom. The zero-order valence-electron chi connectivity index (χ0n) is 9.96. The Bertz CT molecular complexity index is 166. The summed E-state index contributed by atoms with van der Waals surface area (Å²) in [4.78, 5) is 0. The van der Waals surface area contributed by atoms with Gasteiger partial charge in [-0.2, -0.15) is 0 Å². The molecule has 0 aromatic heterocycles. The number of hydrogen-bond acceptors (Lipinski definition) is 1. The maximum absolute atomic E-state index is 10.2. The van der Waals surface area contributed by atoms with Crippen LogP contribution in [0.15, 0.2) is 0 Å². The van der Waals surface area contributed by atoms with Gasteiger partial charge in [-0.25, -0.2) is 0 Å². The predicted octanol–water partition coefficient (Wildman–Crippen LogP) is 3.90. The van der Waals surface area contributed by atoms with E-state index in [1.54, 1.807) is 0 Å². The minimum absolute atomic E-state index is 0.0217. The number of aliphatic hydroxyl groups excluding tert-OH is 1. The molecule has 0 saturated heterocycles. The van der Waals surface area contributed by atoms with Gasteiger partial charge in [-0.1, -0.05) is 51.4 Å². The maximum Gasteiger partial charge on any atom is 0.0571 e. The minimum atomic E-state index is 0.0217. The summed E-state index contributed by atoms with van der Waals surface area (Å²) < 4.78 is 0. The van der Waals surface area contributed by atoms with Crippen LogP contribution in [0.4, 0.5) is 0 Å². The lowest BCUT2D eigenvalue weighted by Gasteiger charge is -2.32. The molecule has 1 atom stereocenters. The quantitative estimate of drug-likeness (QED) is 0.749. The highest BCUT2D eigenvalue weighted by atomic mass is 16.3. The second-order valence-corrected chi connectivity index (χ2v) is 5.71. The standard InChI is InChI=1S/C14H26O/c15-14(11-12-7-6-8-12)13-9-4-2-1-3-5-10-13/h12-15H,1-11H2. The van der Waals surface area contributed by atoms with Crippen LogP contribution in [-0.4, -0.2) is 11.2 Å². The first-order valence-corrected chi connectivity index (χ1v) is 7.04. The van der Waals surface area contributed by atoms with Crippen LogP contribution in [0.5, 0.6) is 0 Å². The molecule has 0 aromatic carbocycles. The highest BCUT2D eigenvalue weighted by Gasteiger charge is 2.26. The summed E-state index contributed by atoms with van der Waals surface area (Å²) in [7, 11) is 0. The molecule has 2 fully saturated rings. The Morgan fingerprint density at radius 1 is 0.800 bits per heavy atom. The van der Waals surface area contributed by atoms with Gasteiger partial charge in [0.2, 0.25) is 0 Å². The van der Waals surface area contributed by atoms with Crippen molar-refractivity contribution < 1.29 is 5.11 Å². The topological polar surface area (TPSA) is 20.2 Å². The fraction of sp³-hybridized carbons (Fsp3) is 1.00. The van der Waals surface area contributed by atoms with Crippen LogP contribution < -0.4 is 0 Å². The van der Waals surface area contributed by atoms with Gasteiger partial charge in [-0.3, -0.25) is 0 Å². The van der Waals surface area contributed by atoms with E-state index in [2.05, 4.69) is 0 Å². The summed E-state index contributed by atoms with van der Waals surface area (Å²) in [5.41, 5.74) is 0. The molecule has 1 unspecified atom stereocenters. The van der Waals surface area contributed by atoms with Crippen LogP contribution in [0.25, 0.3) is 0 Å². The molecule has 2 aliphatic rings. The monoisotopic (exact) mass is 210 g/mol. The van der Waals surface area contributed by atoms with E-state index >= 15 is 0 Å². The molecular formula is C14H26O. The molecule has 1 N–H and O–H groups in total. The van der Waals surface area contributed by atoms with Crippen molar-refractivity contribution in [1.82, 2.24) is 0 Å². The third kappa shape index (κ3) is 3.48. The number of hydrogen-bond donors (Lipinski definition) is 1. The Labute approximate surface area is 94.3 Å². The SMILES string of the molecule is OC(CC1CCC1)C1CCCCCCC1. The molecule has 0 heterocycles. The van der Waals surface area contributed by atoms with E-state index in [9.17, 15) is 5.11 Å². The summed E-state index contributed by atoms with van der Waals surface area (Å²) in [5, 5.41) is 10.2. The molecule has 1 nitrogen and oxygen atoms in total. The Balaban J connectivity index is 1.72. The minimum Gasteiger partial charge on any atom is -0.393 e. The summed E-state index contributed by atoms with van der Waals surface area (Å²) in [6, 6.07) is 0. The van der Waals surface area contributed by atoms with Gasteiger partial charge in [0, 0.05) is 0 Å². The van der Waals surface area contributed by atoms with E-state index in [0.717, 1.165) is 12.3 Å². The van der Waals surface area contributed by atoms with Gasteiger partial charge in [0.25, 0.3) is 0 Å². The van der Waals surface area contributed by atoms with Gasteiger partial charge in [-0.05, 0) is 31.1 Å². The summed E-state index contributed by atoms with van der Waals surface area (Å²) in [5.74, 6) is 1.50. The molecule has 0 spiro atoms. The lowest BCUT2D eigenvalue weighted by molar-refractivity contribution is 0.0537. The first kappa shape index (κ1) is 11.4. The Morgan fingerprint density at radius 3 is 1.93 bits per heavy atom. The molecule has 15 heavy (non-hydrogen) atoms. The van der Waals surface area contributed by atoms with Gasteiger partial charge in [0.1, 0.15) is 0 Å². The van der Waals surface area contributed by atoms with Crippen LogP contribution in [0, 0.1) is 11.8 Å². The normalized spacial score (nSPS) is 27.8. The number of aliphatic hydroxyl groups is 1. The molecule has 0 bridgehead atoms. The highest BCUT2D eigenvalue weighted by molar-refractivity contribution is 4.78. The second kappa shape index (κ2) is 5.89. The molecule has 0 radical (unpaired) electrons. The van der Waals surface area contributed by atoms with Gasteiger partial charge in [-0.15, -0.1) is 0 Å².